The van der Waals surface area contributed by atoms with E-state index in [0.717, 1.165) is 19.3 Å². The normalized spacial score (nSPS) is 34.5. The Bertz CT molecular complexity index is 892. The topological polar surface area (TPSA) is 89.9 Å². The van der Waals surface area contributed by atoms with Crippen molar-refractivity contribution >= 4 is 17.7 Å². The van der Waals surface area contributed by atoms with Gasteiger partial charge in [-0.1, -0.05) is 26.8 Å². The zero-order valence-electron chi connectivity index (χ0n) is 17.9. The molecule has 5 atom stereocenters. The van der Waals surface area contributed by atoms with Gasteiger partial charge in [-0.25, -0.2) is 0 Å². The highest BCUT2D eigenvalue weighted by Gasteiger charge is 2.62. The van der Waals surface area contributed by atoms with Crippen LogP contribution < -0.4 is 4.74 Å². The van der Waals surface area contributed by atoms with Crippen molar-refractivity contribution in [3.05, 3.63) is 29.3 Å². The Morgan fingerprint density at radius 3 is 2.53 bits per heavy atom. The highest BCUT2D eigenvalue weighted by atomic mass is 16.5. The number of fused-ring (bicyclic) bond motifs is 5. The minimum absolute atomic E-state index is 0.0349. The molecule has 30 heavy (non-hydrogen) atoms. The Kier molecular flexibility index (Phi) is 5.25. The van der Waals surface area contributed by atoms with Crippen LogP contribution >= 0.6 is 0 Å². The third-order valence-electron chi connectivity index (χ3n) is 7.71. The number of Topliss-reactive ketones (excluding diaryl/α,β-unsaturated/α-hetero) is 1. The van der Waals surface area contributed by atoms with Gasteiger partial charge < -0.3 is 14.6 Å². The highest BCUT2D eigenvalue weighted by Crippen LogP contribution is 2.63. The first-order chi connectivity index (χ1) is 14.2. The van der Waals surface area contributed by atoms with E-state index in [4.69, 9.17) is 9.47 Å². The van der Waals surface area contributed by atoms with E-state index in [1.54, 1.807) is 32.0 Å². The lowest BCUT2D eigenvalue weighted by atomic mass is 9.53. The molecular weight excluding hydrogens is 384 g/mol. The average Bonchev–Trinajstić information content (AvgIpc) is 3.05. The van der Waals surface area contributed by atoms with Crippen molar-refractivity contribution in [1.29, 1.82) is 0 Å². The molecule has 1 aromatic carbocycles. The molecule has 0 aliphatic heterocycles. The minimum Gasteiger partial charge on any atom is -0.462 e. The molecule has 0 heterocycles. The fourth-order valence-corrected chi connectivity index (χ4v) is 6.00. The van der Waals surface area contributed by atoms with E-state index in [0.29, 0.717) is 29.7 Å². The molecule has 4 rings (SSSR count). The highest BCUT2D eigenvalue weighted by molar-refractivity contribution is 6.00. The Morgan fingerprint density at radius 2 is 1.83 bits per heavy atom. The fraction of sp³-hybridized carbons (Fsp3) is 0.625. The third kappa shape index (κ3) is 3.16. The molecule has 0 radical (unpaired) electrons. The van der Waals surface area contributed by atoms with Gasteiger partial charge >= 0.3 is 11.9 Å². The summed E-state index contributed by atoms with van der Waals surface area (Å²) in [6, 6.07) is 4.99. The van der Waals surface area contributed by atoms with Crippen molar-refractivity contribution in [3.8, 4) is 5.75 Å². The molecule has 6 nitrogen and oxygen atoms in total. The molecule has 6 heteroatoms. The Morgan fingerprint density at radius 1 is 1.10 bits per heavy atom. The van der Waals surface area contributed by atoms with Crippen LogP contribution in [0.4, 0.5) is 0 Å². The fourth-order valence-electron chi connectivity index (χ4n) is 6.00. The molecule has 1 aromatic rings. The van der Waals surface area contributed by atoms with Crippen molar-refractivity contribution < 1.29 is 29.0 Å². The maximum absolute atomic E-state index is 13.1. The largest absolute Gasteiger partial charge is 0.462 e. The van der Waals surface area contributed by atoms with Gasteiger partial charge in [0.25, 0.3) is 0 Å². The van der Waals surface area contributed by atoms with Crippen LogP contribution in [-0.2, 0) is 19.9 Å². The lowest BCUT2D eigenvalue weighted by Gasteiger charge is -2.54. The number of ketones is 1. The number of benzene rings is 1. The second kappa shape index (κ2) is 7.49. The number of ether oxygens (including phenoxy) is 2. The molecule has 162 valence electrons. The van der Waals surface area contributed by atoms with E-state index in [2.05, 4.69) is 6.92 Å². The molecule has 0 amide bonds. The summed E-state index contributed by atoms with van der Waals surface area (Å²) in [5.74, 6) is -0.341. The lowest BCUT2D eigenvalue weighted by molar-refractivity contribution is -0.167. The van der Waals surface area contributed by atoms with Crippen molar-refractivity contribution in [2.75, 3.05) is 0 Å². The first-order valence-electron chi connectivity index (χ1n) is 11.0. The van der Waals surface area contributed by atoms with Crippen LogP contribution in [0.3, 0.4) is 0 Å². The van der Waals surface area contributed by atoms with E-state index >= 15 is 0 Å². The molecular formula is C24H30O6. The van der Waals surface area contributed by atoms with Gasteiger partial charge in [-0.05, 0) is 49.3 Å². The van der Waals surface area contributed by atoms with Crippen LogP contribution in [0.1, 0.15) is 81.6 Å². The SMILES string of the molecule is CCC(=O)Oc1ccc2c(c1)C(=O)C[C@H]1[C@@H]3CC[C@H](OC(=O)CC)[C@@]3(C)CC[C@]21O. The van der Waals surface area contributed by atoms with Crippen LogP contribution in [0.5, 0.6) is 5.75 Å². The number of carbonyl (C=O) groups is 3. The predicted molar refractivity (Wildman–Crippen MR) is 109 cm³/mol. The number of rotatable bonds is 4. The minimum atomic E-state index is -1.09. The van der Waals surface area contributed by atoms with E-state index < -0.39 is 5.60 Å². The van der Waals surface area contributed by atoms with Crippen molar-refractivity contribution in [2.24, 2.45) is 17.3 Å². The summed E-state index contributed by atoms with van der Waals surface area (Å²) in [5.41, 5.74) is -0.234. The molecule has 3 aliphatic rings. The molecule has 0 bridgehead atoms. The second-order valence-electron chi connectivity index (χ2n) is 9.21. The van der Waals surface area contributed by atoms with E-state index in [-0.39, 0.29) is 53.9 Å². The van der Waals surface area contributed by atoms with Gasteiger partial charge in [-0.3, -0.25) is 14.4 Å². The molecule has 1 N–H and O–H groups in total. The lowest BCUT2D eigenvalue weighted by Crippen LogP contribution is -2.54. The Balaban J connectivity index is 1.65. The maximum Gasteiger partial charge on any atom is 0.310 e. The number of esters is 2. The van der Waals surface area contributed by atoms with Crippen molar-refractivity contribution in [1.82, 2.24) is 0 Å². The summed E-state index contributed by atoms with van der Waals surface area (Å²) in [7, 11) is 0. The summed E-state index contributed by atoms with van der Waals surface area (Å²) in [6.07, 6.45) is 3.54. The van der Waals surface area contributed by atoms with Crippen LogP contribution in [0.25, 0.3) is 0 Å². The number of aliphatic hydroxyl groups is 1. The van der Waals surface area contributed by atoms with Gasteiger partial charge in [0.05, 0.1) is 5.60 Å². The molecule has 0 aromatic heterocycles. The summed E-state index contributed by atoms with van der Waals surface area (Å²) in [4.78, 5) is 36.6. The third-order valence-corrected chi connectivity index (χ3v) is 7.71. The van der Waals surface area contributed by atoms with Gasteiger partial charge in [0, 0.05) is 36.2 Å². The maximum atomic E-state index is 13.1. The zero-order valence-corrected chi connectivity index (χ0v) is 17.9. The Hall–Kier alpha value is -2.21. The van der Waals surface area contributed by atoms with Gasteiger partial charge in [0.2, 0.25) is 0 Å². The Labute approximate surface area is 176 Å². The molecule has 3 aliphatic carbocycles. The average molecular weight is 414 g/mol. The first kappa shape index (κ1) is 21.0. The van der Waals surface area contributed by atoms with Gasteiger partial charge in [-0.15, -0.1) is 0 Å². The van der Waals surface area contributed by atoms with Gasteiger partial charge in [-0.2, -0.15) is 0 Å². The van der Waals surface area contributed by atoms with Crippen LogP contribution in [-0.4, -0.2) is 28.9 Å². The van der Waals surface area contributed by atoms with Crippen LogP contribution in [0.15, 0.2) is 18.2 Å². The molecule has 0 spiro atoms. The van der Waals surface area contributed by atoms with Gasteiger partial charge in [0.1, 0.15) is 11.9 Å². The van der Waals surface area contributed by atoms with E-state index in [9.17, 15) is 19.5 Å². The number of hydrogen-bond acceptors (Lipinski definition) is 6. The summed E-state index contributed by atoms with van der Waals surface area (Å²) < 4.78 is 11.0. The van der Waals surface area contributed by atoms with Crippen LogP contribution in [0, 0.1) is 17.3 Å². The summed E-state index contributed by atoms with van der Waals surface area (Å²) >= 11 is 0. The van der Waals surface area contributed by atoms with E-state index in [1.807, 2.05) is 0 Å². The quantitative estimate of drug-likeness (QED) is 0.593. The smallest absolute Gasteiger partial charge is 0.310 e. The standard InChI is InChI=1S/C24H30O6/c1-4-21(26)29-14-6-7-16-15(12-14)19(25)13-18-17-8-9-20(30-22(27)5-2)23(17,3)10-11-24(16,18)28/h6-7,12,17-18,20,28H,4-5,8-11,13H2,1-3H3/t17-,18-,20-,23-,24-/m0/s1. The number of carbonyl (C=O) groups excluding carboxylic acids is 3. The molecule has 2 saturated carbocycles. The number of hydrogen-bond donors (Lipinski definition) is 1. The zero-order chi connectivity index (χ0) is 21.7. The monoisotopic (exact) mass is 414 g/mol. The van der Waals surface area contributed by atoms with E-state index in [1.165, 1.54) is 0 Å². The molecule has 0 unspecified atom stereocenters. The van der Waals surface area contributed by atoms with Crippen LogP contribution in [0.2, 0.25) is 0 Å². The second-order valence-corrected chi connectivity index (χ2v) is 9.21. The van der Waals surface area contributed by atoms with Crippen molar-refractivity contribution in [3.63, 3.8) is 0 Å². The van der Waals surface area contributed by atoms with Gasteiger partial charge in [0.15, 0.2) is 5.78 Å². The van der Waals surface area contributed by atoms with Crippen molar-refractivity contribution in [2.45, 2.75) is 77.4 Å². The first-order valence-corrected chi connectivity index (χ1v) is 11.0. The molecule has 2 fully saturated rings. The predicted octanol–water partition coefficient (Wildman–Crippen LogP) is 3.92. The summed E-state index contributed by atoms with van der Waals surface area (Å²) in [6.45, 7) is 5.65. The molecule has 0 saturated heterocycles. The summed E-state index contributed by atoms with van der Waals surface area (Å²) in [5, 5.41) is 11.8.